The van der Waals surface area contributed by atoms with Crippen LogP contribution in [-0.4, -0.2) is 92.8 Å². The number of hydrogen-bond acceptors (Lipinski definition) is 8. The van der Waals surface area contributed by atoms with Gasteiger partial charge in [0.05, 0.1) is 12.5 Å². The number of nitrogens with zero attached hydrogens (tertiary/aromatic N) is 2. The molecule has 4 atom stereocenters. The average Bonchev–Trinajstić information content (AvgIpc) is 3.16. The average molecular weight is 443 g/mol. The van der Waals surface area contributed by atoms with Gasteiger partial charge in [-0.1, -0.05) is 0 Å². The number of hydrogen-bond donors (Lipinski definition) is 5. The van der Waals surface area contributed by atoms with Gasteiger partial charge in [0.2, 0.25) is 23.3 Å². The second-order valence-electron chi connectivity index (χ2n) is 7.54. The molecule has 0 radical (unpaired) electrons. The van der Waals surface area contributed by atoms with Crippen LogP contribution in [0.1, 0.15) is 40.0 Å². The van der Waals surface area contributed by atoms with E-state index in [4.69, 9.17) is 10.8 Å². The number of rotatable bonds is 8. The van der Waals surface area contributed by atoms with E-state index >= 15 is 0 Å². The maximum atomic E-state index is 12.6. The third-order valence-electron chi connectivity index (χ3n) is 4.98. The molecule has 6 N–H and O–H groups in total. The Morgan fingerprint density at radius 2 is 1.81 bits per heavy atom. The van der Waals surface area contributed by atoms with Crippen molar-refractivity contribution in [3.8, 4) is 0 Å². The molecule has 1 fully saturated rings. The molecular formula is C18H29N5O8. The van der Waals surface area contributed by atoms with E-state index in [2.05, 4.69) is 10.7 Å². The fraction of sp³-hybridized carbons (Fsp3) is 0.667. The van der Waals surface area contributed by atoms with Crippen LogP contribution in [0.5, 0.6) is 0 Å². The maximum Gasteiger partial charge on any atom is 0.344 e. The zero-order chi connectivity index (χ0) is 24.1. The molecule has 0 bridgehead atoms. The fourth-order valence-electron chi connectivity index (χ4n) is 2.95. The first-order valence-corrected chi connectivity index (χ1v) is 9.62. The number of aliphatic hydroxyl groups is 1. The number of carboxylic acids is 1. The van der Waals surface area contributed by atoms with Gasteiger partial charge in [0, 0.05) is 13.6 Å². The van der Waals surface area contributed by atoms with Gasteiger partial charge in [0.15, 0.2) is 5.78 Å². The van der Waals surface area contributed by atoms with Crippen LogP contribution >= 0.6 is 0 Å². The molecule has 0 aromatic heterocycles. The Balaban J connectivity index is 2.80. The molecular weight excluding hydrogens is 414 g/mol. The minimum atomic E-state index is -2.92. The predicted octanol–water partition coefficient (Wildman–Crippen LogP) is -2.89. The lowest BCUT2D eigenvalue weighted by Crippen LogP contribution is -2.57. The third-order valence-corrected chi connectivity index (χ3v) is 4.98. The molecule has 1 unspecified atom stereocenters. The number of nitrogens with one attached hydrogen (secondary N) is 2. The van der Waals surface area contributed by atoms with Gasteiger partial charge in [-0.05, 0) is 33.6 Å². The quantitative estimate of drug-likeness (QED) is 0.193. The highest BCUT2D eigenvalue weighted by Gasteiger charge is 2.44. The van der Waals surface area contributed by atoms with Crippen molar-refractivity contribution in [3.63, 3.8) is 0 Å². The lowest BCUT2D eigenvalue weighted by molar-refractivity contribution is -0.169. The van der Waals surface area contributed by atoms with Gasteiger partial charge >= 0.3 is 5.97 Å². The smallest absolute Gasteiger partial charge is 0.344 e. The number of hydrazine groups is 1. The van der Waals surface area contributed by atoms with E-state index in [1.807, 2.05) is 0 Å². The normalized spacial score (nSPS) is 19.5. The number of likely N-dealkylation sites (tertiary alicyclic amines) is 1. The standard InChI is InChI=1S/C18H29N5O8/c1-9(19)14(26)20-10(2)16(28)23-7-5-6-12(23)15(27)21-22(4)13(25)8-18(31,11(3)24)17(29)30/h9-10,12,31H,5-8,19H2,1-4H3,(H,20,26)(H,21,27)(H,29,30)/t9-,10-,12-,18?/m0/s1. The monoisotopic (exact) mass is 443 g/mol. The van der Waals surface area contributed by atoms with E-state index in [-0.39, 0.29) is 6.54 Å². The summed E-state index contributed by atoms with van der Waals surface area (Å²) in [6, 6.07) is -2.66. The Hall–Kier alpha value is -3.06. The van der Waals surface area contributed by atoms with E-state index in [9.17, 15) is 33.9 Å². The Bertz CT molecular complexity index is 754. The molecule has 1 aliphatic rings. The second-order valence-corrected chi connectivity index (χ2v) is 7.54. The molecule has 13 heteroatoms. The molecule has 0 spiro atoms. The summed E-state index contributed by atoms with van der Waals surface area (Å²) in [7, 11) is 1.12. The van der Waals surface area contributed by atoms with Crippen molar-refractivity contribution in [3.05, 3.63) is 0 Å². The van der Waals surface area contributed by atoms with E-state index in [1.54, 1.807) is 0 Å². The van der Waals surface area contributed by atoms with Gasteiger partial charge in [0.1, 0.15) is 12.1 Å². The molecule has 1 rings (SSSR count). The summed E-state index contributed by atoms with van der Waals surface area (Å²) in [4.78, 5) is 73.0. The number of carbonyl (C=O) groups is 6. The van der Waals surface area contributed by atoms with Gasteiger partial charge in [-0.15, -0.1) is 0 Å². The zero-order valence-corrected chi connectivity index (χ0v) is 17.9. The van der Waals surface area contributed by atoms with Crippen molar-refractivity contribution in [2.75, 3.05) is 13.6 Å². The van der Waals surface area contributed by atoms with Crippen molar-refractivity contribution >= 4 is 35.4 Å². The van der Waals surface area contributed by atoms with Crippen LogP contribution in [0.3, 0.4) is 0 Å². The van der Waals surface area contributed by atoms with E-state index < -0.39 is 65.5 Å². The lowest BCUT2D eigenvalue weighted by atomic mass is 9.95. The zero-order valence-electron chi connectivity index (χ0n) is 17.9. The van der Waals surface area contributed by atoms with Gasteiger partial charge in [-0.25, -0.2) is 4.79 Å². The fourth-order valence-corrected chi connectivity index (χ4v) is 2.95. The summed E-state index contributed by atoms with van der Waals surface area (Å²) in [5.41, 5.74) is 4.78. The van der Waals surface area contributed by atoms with Crippen LogP contribution in [0.25, 0.3) is 0 Å². The topological polar surface area (TPSA) is 199 Å². The molecule has 31 heavy (non-hydrogen) atoms. The minimum absolute atomic E-state index is 0.260. The van der Waals surface area contributed by atoms with Crippen LogP contribution < -0.4 is 16.5 Å². The molecule has 1 heterocycles. The Kier molecular flexibility index (Phi) is 8.64. The SMILES string of the molecule is CC(=O)C(O)(CC(=O)N(C)NC(=O)[C@@H]1CCCN1C(=O)[C@H](C)NC(=O)[C@H](C)N)C(=O)O. The number of Topliss-reactive ketones (excluding diaryl/α,β-unsaturated/α-hetero) is 1. The first kappa shape index (κ1) is 26.0. The van der Waals surface area contributed by atoms with Crippen LogP contribution in [0.2, 0.25) is 0 Å². The molecule has 1 aliphatic heterocycles. The molecule has 1 saturated heterocycles. The van der Waals surface area contributed by atoms with Crippen molar-refractivity contribution in [1.29, 1.82) is 0 Å². The number of carboxylic acid groups (broad SMARTS) is 1. The van der Waals surface area contributed by atoms with Crippen molar-refractivity contribution in [1.82, 2.24) is 20.7 Å². The Morgan fingerprint density at radius 3 is 2.29 bits per heavy atom. The molecule has 4 amide bonds. The summed E-state index contributed by atoms with van der Waals surface area (Å²) < 4.78 is 0. The number of nitrogens with two attached hydrogens (primary N) is 1. The molecule has 0 aromatic carbocycles. The number of carbonyl (C=O) groups excluding carboxylic acids is 5. The molecule has 13 nitrogen and oxygen atoms in total. The summed E-state index contributed by atoms with van der Waals surface area (Å²) in [6.07, 6.45) is -0.263. The number of amides is 4. The first-order valence-electron chi connectivity index (χ1n) is 9.62. The largest absolute Gasteiger partial charge is 0.479 e. The van der Waals surface area contributed by atoms with E-state index in [1.165, 1.54) is 18.7 Å². The Labute approximate surface area is 178 Å². The van der Waals surface area contributed by atoms with Gasteiger partial charge in [0.25, 0.3) is 5.91 Å². The summed E-state index contributed by atoms with van der Waals surface area (Å²) >= 11 is 0. The number of aliphatic carboxylic acids is 1. The number of ketones is 1. The van der Waals surface area contributed by atoms with Gasteiger partial charge in [-0.2, -0.15) is 0 Å². The van der Waals surface area contributed by atoms with Crippen molar-refractivity contribution in [2.45, 2.75) is 63.8 Å². The Morgan fingerprint density at radius 1 is 1.23 bits per heavy atom. The molecule has 0 saturated carbocycles. The van der Waals surface area contributed by atoms with Crippen LogP contribution in [0.4, 0.5) is 0 Å². The lowest BCUT2D eigenvalue weighted by Gasteiger charge is -2.29. The van der Waals surface area contributed by atoms with Crippen LogP contribution in [-0.2, 0) is 28.8 Å². The van der Waals surface area contributed by atoms with Crippen LogP contribution in [0.15, 0.2) is 0 Å². The highest BCUT2D eigenvalue weighted by Crippen LogP contribution is 2.19. The van der Waals surface area contributed by atoms with Crippen molar-refractivity contribution < 1.29 is 39.0 Å². The van der Waals surface area contributed by atoms with E-state index in [0.29, 0.717) is 17.9 Å². The van der Waals surface area contributed by atoms with Gasteiger partial charge in [-0.3, -0.25) is 34.4 Å². The highest BCUT2D eigenvalue weighted by molar-refractivity contribution is 6.08. The minimum Gasteiger partial charge on any atom is -0.479 e. The highest BCUT2D eigenvalue weighted by atomic mass is 16.4. The molecule has 0 aliphatic carbocycles. The first-order chi connectivity index (χ1) is 14.2. The third kappa shape index (κ3) is 6.21. The predicted molar refractivity (Wildman–Crippen MR) is 105 cm³/mol. The molecule has 0 aromatic rings. The summed E-state index contributed by atoms with van der Waals surface area (Å²) in [5, 5.41) is 22.0. The molecule has 174 valence electrons. The van der Waals surface area contributed by atoms with Crippen LogP contribution in [0, 0.1) is 0 Å². The van der Waals surface area contributed by atoms with Gasteiger partial charge < -0.3 is 26.2 Å². The second kappa shape index (κ2) is 10.3. The van der Waals surface area contributed by atoms with E-state index in [0.717, 1.165) is 14.0 Å². The van der Waals surface area contributed by atoms with Crippen molar-refractivity contribution in [2.24, 2.45) is 5.73 Å². The summed E-state index contributed by atoms with van der Waals surface area (Å²) in [6.45, 7) is 4.01. The summed E-state index contributed by atoms with van der Waals surface area (Å²) in [5.74, 6) is -5.79. The maximum absolute atomic E-state index is 12.6.